The third-order valence-electron chi connectivity index (χ3n) is 4.07. The largest absolute Gasteiger partial charge is 0.516 e. The average molecular weight is 412 g/mol. The molecule has 0 aromatic heterocycles. The topological polar surface area (TPSA) is 53.0 Å². The van der Waals surface area contributed by atoms with Gasteiger partial charge in [0.25, 0.3) is 0 Å². The van der Waals surface area contributed by atoms with E-state index < -0.39 is 15.5 Å². The summed E-state index contributed by atoms with van der Waals surface area (Å²) >= 11 is 5.95. The summed E-state index contributed by atoms with van der Waals surface area (Å²) in [4.78, 5) is 0. The number of hydrogen-bond acceptors (Lipinski definition) is 4. The lowest BCUT2D eigenvalue weighted by atomic mass is 10.1. The van der Waals surface area contributed by atoms with Crippen LogP contribution < -0.4 is 4.31 Å². The van der Waals surface area contributed by atoms with Crippen molar-refractivity contribution in [2.24, 2.45) is 5.10 Å². The molecule has 1 fully saturated rings. The number of piperidine rings is 1. The summed E-state index contributed by atoms with van der Waals surface area (Å²) in [6, 6.07) is 4.13. The maximum absolute atomic E-state index is 13.0. The highest BCUT2D eigenvalue weighted by Crippen LogP contribution is 2.33. The molecule has 1 aliphatic rings. The van der Waals surface area contributed by atoms with Crippen molar-refractivity contribution in [3.05, 3.63) is 28.8 Å². The van der Waals surface area contributed by atoms with Crippen molar-refractivity contribution < 1.29 is 21.6 Å². The highest BCUT2D eigenvalue weighted by atomic mass is 35.5. The van der Waals surface area contributed by atoms with Crippen LogP contribution in [0.4, 0.5) is 18.9 Å². The van der Waals surface area contributed by atoms with Crippen molar-refractivity contribution in [1.29, 1.82) is 0 Å². The number of anilines is 1. The molecule has 5 nitrogen and oxygen atoms in total. The van der Waals surface area contributed by atoms with E-state index in [1.165, 1.54) is 25.1 Å². The van der Waals surface area contributed by atoms with E-state index in [0.717, 1.165) is 32.4 Å². The minimum Gasteiger partial charge on any atom is -0.297 e. The lowest BCUT2D eigenvalue weighted by Gasteiger charge is -2.26. The van der Waals surface area contributed by atoms with Gasteiger partial charge in [-0.15, -0.1) is 0 Å². The molecule has 0 atom stereocenters. The Labute approximate surface area is 156 Å². The van der Waals surface area contributed by atoms with Gasteiger partial charge in [-0.25, -0.2) is 0 Å². The second-order valence-corrected chi connectivity index (χ2v) is 8.20. The number of alkyl halides is 3. The van der Waals surface area contributed by atoms with E-state index in [2.05, 4.69) is 5.10 Å². The monoisotopic (exact) mass is 411 g/mol. The van der Waals surface area contributed by atoms with E-state index in [-0.39, 0.29) is 18.7 Å². The van der Waals surface area contributed by atoms with Gasteiger partial charge < -0.3 is 0 Å². The fraction of sp³-hybridized carbons (Fsp3) is 0.562. The van der Waals surface area contributed by atoms with Crippen molar-refractivity contribution in [3.63, 3.8) is 0 Å². The van der Waals surface area contributed by atoms with E-state index in [4.69, 9.17) is 11.6 Å². The lowest BCUT2D eigenvalue weighted by Crippen LogP contribution is -2.41. The Kier molecular flexibility index (Phi) is 6.79. The summed E-state index contributed by atoms with van der Waals surface area (Å²) in [6.07, 6.45) is 5.01. The van der Waals surface area contributed by atoms with Gasteiger partial charge in [0.2, 0.25) is 0 Å². The molecule has 0 saturated carbocycles. The zero-order valence-corrected chi connectivity index (χ0v) is 15.9. The number of hydrazone groups is 1. The molecule has 146 valence electrons. The SMILES string of the molecule is CCN(c1ccc(Cl)cc1CC=NN1CCCCC1)S(=O)(=O)C(F)(F)F. The molecule has 10 heteroatoms. The molecule has 0 unspecified atom stereocenters. The van der Waals surface area contributed by atoms with Gasteiger partial charge in [0.15, 0.2) is 0 Å². The Bertz CT molecular complexity index is 748. The minimum atomic E-state index is -5.49. The number of nitrogens with zero attached hydrogens (tertiary/aromatic N) is 3. The Morgan fingerprint density at radius 1 is 1.27 bits per heavy atom. The van der Waals surface area contributed by atoms with Crippen LogP contribution in [-0.4, -0.2) is 44.8 Å². The molecule has 0 amide bonds. The summed E-state index contributed by atoms with van der Waals surface area (Å²) in [5.74, 6) is 0. The first-order valence-electron chi connectivity index (χ1n) is 8.31. The van der Waals surface area contributed by atoms with Crippen molar-refractivity contribution in [2.75, 3.05) is 23.9 Å². The molecule has 2 rings (SSSR count). The van der Waals surface area contributed by atoms with Crippen molar-refractivity contribution in [2.45, 2.75) is 38.1 Å². The van der Waals surface area contributed by atoms with Gasteiger partial charge in [0.1, 0.15) is 0 Å². The molecule has 26 heavy (non-hydrogen) atoms. The predicted molar refractivity (Wildman–Crippen MR) is 97.1 cm³/mol. The highest BCUT2D eigenvalue weighted by molar-refractivity contribution is 7.93. The van der Waals surface area contributed by atoms with Crippen LogP contribution in [0, 0.1) is 0 Å². The standard InChI is InChI=1S/C16H21ClF3N3O2S/c1-2-23(26(24,25)16(18,19)20)15-7-6-14(17)12-13(15)8-9-21-22-10-4-3-5-11-22/h6-7,9,12H,2-5,8,10-11H2,1H3. The predicted octanol–water partition coefficient (Wildman–Crippen LogP) is 4.03. The smallest absolute Gasteiger partial charge is 0.297 e. The quantitative estimate of drug-likeness (QED) is 0.664. The summed E-state index contributed by atoms with van der Waals surface area (Å²) in [5, 5.41) is 6.54. The molecule has 0 spiro atoms. The second kappa shape index (κ2) is 8.47. The van der Waals surface area contributed by atoms with Crippen LogP contribution in [0.3, 0.4) is 0 Å². The Morgan fingerprint density at radius 2 is 1.92 bits per heavy atom. The molecule has 1 aliphatic heterocycles. The van der Waals surface area contributed by atoms with E-state index >= 15 is 0 Å². The number of hydrogen-bond donors (Lipinski definition) is 0. The first kappa shape index (κ1) is 20.8. The molecular weight excluding hydrogens is 391 g/mol. The zero-order chi connectivity index (χ0) is 19.4. The Hall–Kier alpha value is -1.48. The second-order valence-electron chi connectivity index (χ2n) is 5.91. The van der Waals surface area contributed by atoms with Crippen LogP contribution in [0.1, 0.15) is 31.7 Å². The number of halogens is 4. The molecule has 0 radical (unpaired) electrons. The molecular formula is C16H21ClF3N3O2S. The normalized spacial score (nSPS) is 16.3. The summed E-state index contributed by atoms with van der Waals surface area (Å²) < 4.78 is 63.0. The number of benzene rings is 1. The third kappa shape index (κ3) is 4.82. The minimum absolute atomic E-state index is 0.0423. The van der Waals surface area contributed by atoms with Gasteiger partial charge in [0, 0.05) is 37.3 Å². The van der Waals surface area contributed by atoms with Gasteiger partial charge >= 0.3 is 15.5 Å². The molecule has 1 saturated heterocycles. The van der Waals surface area contributed by atoms with Gasteiger partial charge in [-0.3, -0.25) is 9.31 Å². The van der Waals surface area contributed by atoms with E-state index in [1.807, 2.05) is 5.01 Å². The average Bonchev–Trinajstić information content (AvgIpc) is 2.57. The van der Waals surface area contributed by atoms with E-state index in [1.54, 1.807) is 6.21 Å². The first-order valence-corrected chi connectivity index (χ1v) is 10.1. The molecule has 1 heterocycles. The van der Waals surface area contributed by atoms with Crippen molar-refractivity contribution in [1.82, 2.24) is 5.01 Å². The zero-order valence-electron chi connectivity index (χ0n) is 14.3. The van der Waals surface area contributed by atoms with Crippen LogP contribution >= 0.6 is 11.6 Å². The summed E-state index contributed by atoms with van der Waals surface area (Å²) in [5.41, 5.74) is -5.05. The van der Waals surface area contributed by atoms with E-state index in [9.17, 15) is 21.6 Å². The van der Waals surface area contributed by atoms with Crippen LogP contribution in [0.2, 0.25) is 5.02 Å². The van der Waals surface area contributed by atoms with E-state index in [0.29, 0.717) is 14.9 Å². The lowest BCUT2D eigenvalue weighted by molar-refractivity contribution is -0.0438. The van der Waals surface area contributed by atoms with Crippen LogP contribution in [-0.2, 0) is 16.4 Å². The fourth-order valence-corrected chi connectivity index (χ4v) is 4.02. The molecule has 0 N–H and O–H groups in total. The van der Waals surface area contributed by atoms with Crippen LogP contribution in [0.5, 0.6) is 0 Å². The van der Waals surface area contributed by atoms with Gasteiger partial charge in [-0.05, 0) is 49.9 Å². The maximum Gasteiger partial charge on any atom is 0.516 e. The Morgan fingerprint density at radius 3 is 2.50 bits per heavy atom. The fourth-order valence-electron chi connectivity index (χ4n) is 2.80. The van der Waals surface area contributed by atoms with Crippen LogP contribution in [0.25, 0.3) is 0 Å². The number of rotatable bonds is 6. The molecule has 0 bridgehead atoms. The first-order chi connectivity index (χ1) is 12.2. The molecule has 0 aliphatic carbocycles. The number of sulfonamides is 1. The van der Waals surface area contributed by atoms with Gasteiger partial charge in [-0.2, -0.15) is 26.7 Å². The Balaban J connectivity index is 2.29. The summed E-state index contributed by atoms with van der Waals surface area (Å²) in [6.45, 7) is 2.67. The van der Waals surface area contributed by atoms with Crippen molar-refractivity contribution >= 4 is 33.5 Å². The highest BCUT2D eigenvalue weighted by Gasteiger charge is 2.50. The van der Waals surface area contributed by atoms with Gasteiger partial charge in [0.05, 0.1) is 5.69 Å². The molecule has 1 aromatic rings. The van der Waals surface area contributed by atoms with Crippen LogP contribution in [0.15, 0.2) is 23.3 Å². The van der Waals surface area contributed by atoms with Gasteiger partial charge in [-0.1, -0.05) is 11.6 Å². The summed E-state index contributed by atoms with van der Waals surface area (Å²) in [7, 11) is -5.49. The maximum atomic E-state index is 13.0. The van der Waals surface area contributed by atoms with Crippen molar-refractivity contribution in [3.8, 4) is 0 Å². The molecule has 1 aromatic carbocycles. The third-order valence-corrected chi connectivity index (χ3v) is 5.92.